The molecule has 0 unspecified atom stereocenters. The molecule has 1 atom stereocenters. The van der Waals surface area contributed by atoms with Crippen molar-refractivity contribution in [1.82, 2.24) is 4.90 Å². The summed E-state index contributed by atoms with van der Waals surface area (Å²) >= 11 is 0. The van der Waals surface area contributed by atoms with Gasteiger partial charge in [0.2, 0.25) is 0 Å². The van der Waals surface area contributed by atoms with Gasteiger partial charge in [-0.25, -0.2) is 0 Å². The molecule has 154 valence electrons. The van der Waals surface area contributed by atoms with Crippen molar-refractivity contribution in [3.05, 3.63) is 41.0 Å². The van der Waals surface area contributed by atoms with Crippen LogP contribution >= 0.6 is 0 Å². The van der Waals surface area contributed by atoms with E-state index < -0.39 is 18.1 Å². The van der Waals surface area contributed by atoms with Crippen LogP contribution in [0.4, 0.5) is 13.2 Å². The molecule has 4 rings (SSSR count). The second-order valence-corrected chi connectivity index (χ2v) is 7.02. The van der Waals surface area contributed by atoms with E-state index >= 15 is 0 Å². The number of amides is 1. The van der Waals surface area contributed by atoms with E-state index in [9.17, 15) is 18.0 Å². The van der Waals surface area contributed by atoms with Crippen molar-refractivity contribution in [3.63, 3.8) is 0 Å². The van der Waals surface area contributed by atoms with Gasteiger partial charge in [0.05, 0.1) is 27.4 Å². The van der Waals surface area contributed by atoms with E-state index in [2.05, 4.69) is 0 Å². The number of fused-ring (bicyclic) bond motifs is 2. The number of hydrogen-bond donors (Lipinski definition) is 0. The minimum Gasteiger partial charge on any atom is -0.496 e. The van der Waals surface area contributed by atoms with Crippen LogP contribution < -0.4 is 14.2 Å². The minimum atomic E-state index is -4.93. The molecule has 1 aliphatic carbocycles. The molecule has 2 aliphatic rings. The van der Waals surface area contributed by atoms with Crippen molar-refractivity contribution < 1.29 is 32.2 Å². The normalized spacial score (nSPS) is 17.3. The Morgan fingerprint density at radius 3 is 2.38 bits per heavy atom. The van der Waals surface area contributed by atoms with Crippen molar-refractivity contribution in [2.75, 3.05) is 27.9 Å². The Bertz CT molecular complexity index is 987. The average Bonchev–Trinajstić information content (AvgIpc) is 2.71. The van der Waals surface area contributed by atoms with Crippen LogP contribution in [0, 0.1) is 0 Å². The van der Waals surface area contributed by atoms with E-state index in [0.717, 1.165) is 21.6 Å². The Balaban J connectivity index is 2.02. The zero-order chi connectivity index (χ0) is 20.9. The number of halogens is 3. The van der Waals surface area contributed by atoms with E-state index in [1.165, 1.54) is 14.2 Å². The van der Waals surface area contributed by atoms with Crippen molar-refractivity contribution in [1.29, 1.82) is 0 Å². The predicted molar refractivity (Wildman–Crippen MR) is 99.5 cm³/mol. The molecule has 29 heavy (non-hydrogen) atoms. The number of hydrogen-bond acceptors (Lipinski definition) is 4. The lowest BCUT2D eigenvalue weighted by atomic mass is 9.76. The first-order chi connectivity index (χ1) is 13.8. The third kappa shape index (κ3) is 2.89. The van der Waals surface area contributed by atoms with Gasteiger partial charge in [-0.05, 0) is 41.7 Å². The Morgan fingerprint density at radius 1 is 1.03 bits per heavy atom. The molecule has 1 amide bonds. The van der Waals surface area contributed by atoms with Gasteiger partial charge in [0.15, 0.2) is 11.5 Å². The summed E-state index contributed by atoms with van der Waals surface area (Å²) in [5.41, 5.74) is 3.71. The van der Waals surface area contributed by atoms with E-state index in [0.29, 0.717) is 34.8 Å². The van der Waals surface area contributed by atoms with Crippen molar-refractivity contribution in [2.45, 2.75) is 25.1 Å². The number of carbonyl (C=O) groups is 1. The van der Waals surface area contributed by atoms with E-state index in [1.54, 1.807) is 25.3 Å². The van der Waals surface area contributed by atoms with Gasteiger partial charge in [0.1, 0.15) is 5.75 Å². The number of benzene rings is 2. The molecular weight excluding hydrogens is 387 g/mol. The maximum absolute atomic E-state index is 13.3. The first-order valence-corrected chi connectivity index (χ1v) is 9.13. The molecule has 1 aliphatic heterocycles. The number of nitrogens with zero attached hydrogens (tertiary/aromatic N) is 1. The van der Waals surface area contributed by atoms with Crippen LogP contribution in [0.1, 0.15) is 22.7 Å². The summed E-state index contributed by atoms with van der Waals surface area (Å²) in [5.74, 6) is -0.313. The maximum atomic E-state index is 13.3. The smallest absolute Gasteiger partial charge is 0.471 e. The summed E-state index contributed by atoms with van der Waals surface area (Å²) in [4.78, 5) is 13.1. The van der Waals surface area contributed by atoms with Crippen LogP contribution in [0.2, 0.25) is 0 Å². The highest BCUT2D eigenvalue weighted by Gasteiger charge is 2.48. The van der Waals surface area contributed by atoms with Crippen LogP contribution in [0.25, 0.3) is 11.1 Å². The number of carbonyl (C=O) groups excluding carboxylic acids is 1. The van der Waals surface area contributed by atoms with Crippen LogP contribution in [0.5, 0.6) is 17.2 Å². The molecule has 0 saturated heterocycles. The van der Waals surface area contributed by atoms with E-state index in [-0.39, 0.29) is 13.0 Å². The van der Waals surface area contributed by atoms with Gasteiger partial charge < -0.3 is 19.1 Å². The zero-order valence-electron chi connectivity index (χ0n) is 16.2. The third-order valence-electron chi connectivity index (χ3n) is 5.63. The van der Waals surface area contributed by atoms with Crippen LogP contribution in [0.15, 0.2) is 24.3 Å². The molecule has 1 heterocycles. The zero-order valence-corrected chi connectivity index (χ0v) is 16.2. The van der Waals surface area contributed by atoms with Gasteiger partial charge >= 0.3 is 12.1 Å². The SMILES string of the molecule is COc1cc2c3c(c1OC)-c1c(cccc1OC)C[C@@H]3N(C(=O)C(F)(F)F)CC2. The second-order valence-electron chi connectivity index (χ2n) is 7.02. The molecule has 0 radical (unpaired) electrons. The van der Waals surface area contributed by atoms with E-state index in [1.807, 2.05) is 6.07 Å². The lowest BCUT2D eigenvalue weighted by molar-refractivity contribution is -0.188. The quantitative estimate of drug-likeness (QED) is 0.774. The molecule has 2 aromatic rings. The molecule has 2 aromatic carbocycles. The van der Waals surface area contributed by atoms with Gasteiger partial charge in [-0.3, -0.25) is 4.79 Å². The first kappa shape index (κ1) is 19.4. The molecule has 0 aromatic heterocycles. The summed E-state index contributed by atoms with van der Waals surface area (Å²) < 4.78 is 56.4. The maximum Gasteiger partial charge on any atom is 0.471 e. The predicted octanol–water partition coefficient (Wildman–Crippen LogP) is 3.92. The highest BCUT2D eigenvalue weighted by atomic mass is 19.4. The fourth-order valence-electron chi connectivity index (χ4n) is 4.48. The summed E-state index contributed by atoms with van der Waals surface area (Å²) in [6, 6.07) is 6.48. The Kier molecular flexibility index (Phi) is 4.59. The van der Waals surface area contributed by atoms with E-state index in [4.69, 9.17) is 14.2 Å². The number of alkyl halides is 3. The second kappa shape index (κ2) is 6.86. The monoisotopic (exact) mass is 407 g/mol. The fourth-order valence-corrected chi connectivity index (χ4v) is 4.48. The standard InChI is InChI=1S/C21H20F3NO4/c1-27-14-6-4-5-11-9-13-16-12(7-8-25(13)20(26)21(22,23)24)10-15(28-2)19(29-3)18(16)17(11)14/h4-6,10,13H,7-9H2,1-3H3/t13-/m0/s1. The fraction of sp³-hybridized carbons (Fsp3) is 0.381. The number of methoxy groups -OCH3 is 3. The Hall–Kier alpha value is -2.90. The lowest BCUT2D eigenvalue weighted by Crippen LogP contribution is -2.48. The van der Waals surface area contributed by atoms with Crippen LogP contribution in [-0.4, -0.2) is 44.9 Å². The van der Waals surface area contributed by atoms with Crippen molar-refractivity contribution in [3.8, 4) is 28.4 Å². The van der Waals surface area contributed by atoms with Gasteiger partial charge in [0, 0.05) is 17.7 Å². The Morgan fingerprint density at radius 2 is 1.76 bits per heavy atom. The van der Waals surface area contributed by atoms with Gasteiger partial charge in [-0.15, -0.1) is 0 Å². The Labute approximate surface area is 166 Å². The summed E-state index contributed by atoms with van der Waals surface area (Å²) in [6.07, 6.45) is -4.36. The van der Waals surface area contributed by atoms with Gasteiger partial charge in [-0.1, -0.05) is 12.1 Å². The first-order valence-electron chi connectivity index (χ1n) is 9.13. The molecule has 0 bridgehead atoms. The average molecular weight is 407 g/mol. The number of rotatable bonds is 3. The van der Waals surface area contributed by atoms with Crippen LogP contribution in [0.3, 0.4) is 0 Å². The van der Waals surface area contributed by atoms with Gasteiger partial charge in [-0.2, -0.15) is 13.2 Å². The molecule has 0 spiro atoms. The molecule has 0 fully saturated rings. The number of ether oxygens (including phenoxy) is 3. The highest BCUT2D eigenvalue weighted by Crippen LogP contribution is 2.55. The summed E-state index contributed by atoms with van der Waals surface area (Å²) in [5, 5.41) is 0. The van der Waals surface area contributed by atoms with Crippen LogP contribution in [-0.2, 0) is 17.6 Å². The van der Waals surface area contributed by atoms with Gasteiger partial charge in [0.25, 0.3) is 0 Å². The summed E-state index contributed by atoms with van der Waals surface area (Å²) in [7, 11) is 4.55. The molecule has 0 saturated carbocycles. The van der Waals surface area contributed by atoms with Crippen molar-refractivity contribution in [2.24, 2.45) is 0 Å². The minimum absolute atomic E-state index is 0.00969. The summed E-state index contributed by atoms with van der Waals surface area (Å²) in [6.45, 7) is -0.00969. The third-order valence-corrected chi connectivity index (χ3v) is 5.63. The molecular formula is C21H20F3NO4. The highest BCUT2D eigenvalue weighted by molar-refractivity contribution is 5.89. The molecule has 5 nitrogen and oxygen atoms in total. The van der Waals surface area contributed by atoms with Crippen molar-refractivity contribution >= 4 is 5.91 Å². The lowest BCUT2D eigenvalue weighted by Gasteiger charge is -2.42. The topological polar surface area (TPSA) is 48.0 Å². The molecule has 8 heteroatoms. The largest absolute Gasteiger partial charge is 0.496 e. The molecule has 0 N–H and O–H groups in total.